The number of aromatic hydroxyl groups is 1. The summed E-state index contributed by atoms with van der Waals surface area (Å²) in [6, 6.07) is -0.907. The molecular weight excluding hydrogens is 124 g/mol. The zero-order valence-electron chi connectivity index (χ0n) is 5.17. The van der Waals surface area contributed by atoms with Gasteiger partial charge in [0.2, 0.25) is 5.43 Å². The van der Waals surface area contributed by atoms with Gasteiger partial charge in [-0.2, -0.15) is 0 Å². The lowest BCUT2D eigenvalue weighted by Gasteiger charge is -1.67. The SMILES string of the molecule is [2H]c1c(O)c(=O)c(=O)c1=O. The van der Waals surface area contributed by atoms with Crippen molar-refractivity contribution >= 4 is 0 Å². The molecule has 0 aliphatic heterocycles. The fourth-order valence-corrected chi connectivity index (χ4v) is 0.432. The molecule has 9 heavy (non-hydrogen) atoms. The van der Waals surface area contributed by atoms with E-state index >= 15 is 0 Å². The van der Waals surface area contributed by atoms with Crippen molar-refractivity contribution in [1.82, 2.24) is 0 Å². The van der Waals surface area contributed by atoms with Crippen LogP contribution in [0.15, 0.2) is 20.4 Å². The smallest absolute Gasteiger partial charge is 0.276 e. The summed E-state index contributed by atoms with van der Waals surface area (Å²) in [7, 11) is 0. The molecule has 1 rings (SSSR count). The van der Waals surface area contributed by atoms with Gasteiger partial charge in [-0.15, -0.1) is 0 Å². The standard InChI is InChI=1S/C5H2O4/c6-2-1-3(7)5(9)4(2)8/h1,6H/i1D. The minimum absolute atomic E-state index is 0.907. The number of rotatable bonds is 0. The zero-order chi connectivity index (χ0) is 7.89. The molecule has 0 radical (unpaired) electrons. The van der Waals surface area contributed by atoms with Gasteiger partial charge in [-0.3, -0.25) is 14.4 Å². The average Bonchev–Trinajstić information content (AvgIpc) is 2.07. The molecule has 0 aliphatic rings. The largest absolute Gasteiger partial charge is 0.504 e. The van der Waals surface area contributed by atoms with E-state index in [1.165, 1.54) is 0 Å². The van der Waals surface area contributed by atoms with Crippen LogP contribution in [-0.4, -0.2) is 5.11 Å². The van der Waals surface area contributed by atoms with E-state index in [0.717, 1.165) is 0 Å². The molecular formula is C5H2O4. The van der Waals surface area contributed by atoms with E-state index < -0.39 is 28.1 Å². The van der Waals surface area contributed by atoms with Crippen LogP contribution in [-0.2, 0) is 0 Å². The molecule has 0 saturated carbocycles. The van der Waals surface area contributed by atoms with Crippen LogP contribution in [0.4, 0.5) is 0 Å². The monoisotopic (exact) mass is 127 g/mol. The first-order valence-electron chi connectivity index (χ1n) is 2.59. The lowest BCUT2D eigenvalue weighted by atomic mass is 10.6. The molecule has 0 aromatic heterocycles. The number of hydrogen-bond acceptors (Lipinski definition) is 4. The second-order valence-corrected chi connectivity index (χ2v) is 1.46. The van der Waals surface area contributed by atoms with E-state index in [9.17, 15) is 14.4 Å². The third kappa shape index (κ3) is 0.641. The minimum atomic E-state index is -1.33. The van der Waals surface area contributed by atoms with Crippen LogP contribution in [0, 0.1) is 0 Å². The lowest BCUT2D eigenvalue weighted by Crippen LogP contribution is -2.28. The summed E-state index contributed by atoms with van der Waals surface area (Å²) in [5.74, 6) is -1.05. The van der Waals surface area contributed by atoms with Crippen molar-refractivity contribution in [3.63, 3.8) is 0 Å². The molecule has 0 atom stereocenters. The van der Waals surface area contributed by atoms with Gasteiger partial charge in [0, 0.05) is 6.04 Å². The van der Waals surface area contributed by atoms with Gasteiger partial charge >= 0.3 is 0 Å². The first-order valence-corrected chi connectivity index (χ1v) is 2.09. The van der Waals surface area contributed by atoms with E-state index in [1.807, 2.05) is 0 Å². The normalized spacial score (nSPS) is 11.3. The second-order valence-electron chi connectivity index (χ2n) is 1.46. The van der Waals surface area contributed by atoms with Crippen molar-refractivity contribution in [3.05, 3.63) is 36.7 Å². The second kappa shape index (κ2) is 1.51. The van der Waals surface area contributed by atoms with E-state index in [4.69, 9.17) is 6.48 Å². The molecule has 0 amide bonds. The first-order chi connectivity index (χ1) is 4.55. The summed E-state index contributed by atoms with van der Waals surface area (Å²) in [6.07, 6.45) is 0. The van der Waals surface area contributed by atoms with Gasteiger partial charge in [0.05, 0.1) is 1.37 Å². The molecule has 4 nitrogen and oxygen atoms in total. The molecule has 0 spiro atoms. The van der Waals surface area contributed by atoms with E-state index in [1.54, 1.807) is 0 Å². The molecule has 0 aliphatic carbocycles. The van der Waals surface area contributed by atoms with Crippen LogP contribution in [0.25, 0.3) is 0 Å². The fourth-order valence-electron chi connectivity index (χ4n) is 0.432. The van der Waals surface area contributed by atoms with E-state index in [0.29, 0.717) is 0 Å². The molecule has 46 valence electrons. The highest BCUT2D eigenvalue weighted by Gasteiger charge is 2.06. The van der Waals surface area contributed by atoms with Crippen LogP contribution >= 0.6 is 0 Å². The molecule has 1 aromatic carbocycles. The predicted molar refractivity (Wildman–Crippen MR) is 29.3 cm³/mol. The van der Waals surface area contributed by atoms with Gasteiger partial charge in [-0.05, 0) is 0 Å². The van der Waals surface area contributed by atoms with Gasteiger partial charge in [-0.25, -0.2) is 0 Å². The summed E-state index contributed by atoms with van der Waals surface area (Å²) >= 11 is 0. The minimum Gasteiger partial charge on any atom is -0.504 e. The van der Waals surface area contributed by atoms with E-state index in [2.05, 4.69) is 0 Å². The maximum Gasteiger partial charge on any atom is 0.276 e. The van der Waals surface area contributed by atoms with Crippen molar-refractivity contribution in [1.29, 1.82) is 0 Å². The lowest BCUT2D eigenvalue weighted by molar-refractivity contribution is 0.472. The Morgan fingerprint density at radius 1 is 1.33 bits per heavy atom. The molecule has 0 saturated heterocycles. The Balaban J connectivity index is 3.97. The highest BCUT2D eigenvalue weighted by molar-refractivity contribution is 5.21. The van der Waals surface area contributed by atoms with Crippen LogP contribution in [0.3, 0.4) is 0 Å². The average molecular weight is 127 g/mol. The summed E-state index contributed by atoms with van der Waals surface area (Å²) in [6.45, 7) is 0. The Morgan fingerprint density at radius 2 is 1.89 bits per heavy atom. The van der Waals surface area contributed by atoms with Gasteiger partial charge < -0.3 is 5.11 Å². The maximum absolute atomic E-state index is 10.4. The van der Waals surface area contributed by atoms with Crippen molar-refractivity contribution in [2.45, 2.75) is 0 Å². The summed E-state index contributed by atoms with van der Waals surface area (Å²) in [4.78, 5) is 31.0. The van der Waals surface area contributed by atoms with Crippen molar-refractivity contribution < 1.29 is 6.48 Å². The molecule has 0 bridgehead atoms. The topological polar surface area (TPSA) is 71.4 Å². The first kappa shape index (κ1) is 4.43. The molecule has 0 unspecified atom stereocenters. The Hall–Kier alpha value is -1.45. The third-order valence-electron chi connectivity index (χ3n) is 0.859. The van der Waals surface area contributed by atoms with Crippen molar-refractivity contribution in [3.8, 4) is 5.75 Å². The Morgan fingerprint density at radius 3 is 2.00 bits per heavy atom. The Labute approximate surface area is 50.1 Å². The zero-order valence-corrected chi connectivity index (χ0v) is 4.17. The highest BCUT2D eigenvalue weighted by atomic mass is 16.3. The van der Waals surface area contributed by atoms with Crippen LogP contribution in [0.5, 0.6) is 5.75 Å². The number of hydrogen-bond donors (Lipinski definition) is 1. The van der Waals surface area contributed by atoms with E-state index in [-0.39, 0.29) is 0 Å². The van der Waals surface area contributed by atoms with Crippen LogP contribution < -0.4 is 16.3 Å². The summed E-state index contributed by atoms with van der Waals surface area (Å²) < 4.78 is 6.64. The Bertz CT molecular complexity index is 362. The molecule has 1 aromatic rings. The van der Waals surface area contributed by atoms with Gasteiger partial charge in [-0.1, -0.05) is 0 Å². The molecule has 0 heterocycles. The van der Waals surface area contributed by atoms with Gasteiger partial charge in [0.1, 0.15) is 0 Å². The van der Waals surface area contributed by atoms with Gasteiger partial charge in [0.15, 0.2) is 5.75 Å². The fraction of sp³-hybridized carbons (Fsp3) is 0. The predicted octanol–water partition coefficient (Wildman–Crippen LogP) is -1.65. The van der Waals surface area contributed by atoms with Crippen molar-refractivity contribution in [2.24, 2.45) is 0 Å². The maximum atomic E-state index is 10.4. The van der Waals surface area contributed by atoms with Crippen LogP contribution in [0.2, 0.25) is 0 Å². The quantitative estimate of drug-likeness (QED) is 0.424. The highest BCUT2D eigenvalue weighted by Crippen LogP contribution is 1.87. The van der Waals surface area contributed by atoms with Crippen molar-refractivity contribution in [2.75, 3.05) is 0 Å². The summed E-state index contributed by atoms with van der Waals surface area (Å²) in [5.41, 5.74) is -3.85. The van der Waals surface area contributed by atoms with Crippen LogP contribution in [0.1, 0.15) is 1.37 Å². The summed E-state index contributed by atoms with van der Waals surface area (Å²) in [5, 5.41) is 8.51. The molecule has 1 N–H and O–H groups in total. The third-order valence-corrected chi connectivity index (χ3v) is 0.859. The van der Waals surface area contributed by atoms with Gasteiger partial charge in [0.25, 0.3) is 10.9 Å². The Kier molecular flexibility index (Phi) is 0.745. The molecule has 0 fully saturated rings. The molecule has 4 heteroatoms.